The number of nitrogens with zero attached hydrogens (tertiary/aromatic N) is 1. The second kappa shape index (κ2) is 5.26. The van der Waals surface area contributed by atoms with Gasteiger partial charge in [-0.3, -0.25) is 0 Å². The molecule has 0 saturated heterocycles. The van der Waals surface area contributed by atoms with Crippen LogP contribution in [0.1, 0.15) is 22.6 Å². The molecule has 0 atom stereocenters. The quantitative estimate of drug-likeness (QED) is 0.836. The summed E-state index contributed by atoms with van der Waals surface area (Å²) in [6.07, 6.45) is 0. The highest BCUT2D eigenvalue weighted by Gasteiger charge is 2.21. The minimum absolute atomic E-state index is 0.0377. The summed E-state index contributed by atoms with van der Waals surface area (Å²) >= 11 is 0. The van der Waals surface area contributed by atoms with E-state index >= 15 is 0 Å². The van der Waals surface area contributed by atoms with E-state index in [1.165, 1.54) is 0 Å². The maximum absolute atomic E-state index is 12.4. The summed E-state index contributed by atoms with van der Waals surface area (Å²) in [4.78, 5) is 0.119. The zero-order chi connectivity index (χ0) is 14.9. The van der Waals surface area contributed by atoms with Crippen LogP contribution in [0.4, 0.5) is 5.69 Å². The minimum Gasteiger partial charge on any atom is -0.397 e. The van der Waals surface area contributed by atoms with Crippen molar-refractivity contribution in [2.24, 2.45) is 0 Å². The molecule has 3 N–H and O–H groups in total. The van der Waals surface area contributed by atoms with Crippen LogP contribution in [-0.4, -0.2) is 13.6 Å². The molecule has 0 amide bonds. The molecule has 0 spiro atoms. The van der Waals surface area contributed by atoms with E-state index in [2.05, 4.69) is 9.88 Å². The third kappa shape index (κ3) is 2.83. The van der Waals surface area contributed by atoms with E-state index in [0.29, 0.717) is 17.0 Å². The van der Waals surface area contributed by atoms with Crippen molar-refractivity contribution in [3.05, 3.63) is 40.8 Å². The van der Waals surface area contributed by atoms with Crippen LogP contribution in [-0.2, 0) is 16.6 Å². The highest BCUT2D eigenvalue weighted by Crippen LogP contribution is 2.25. The Morgan fingerprint density at radius 2 is 1.90 bits per heavy atom. The van der Waals surface area contributed by atoms with Crippen LogP contribution >= 0.6 is 0 Å². The lowest BCUT2D eigenvalue weighted by Gasteiger charge is -2.12. The maximum atomic E-state index is 12.4. The molecule has 7 heteroatoms. The lowest BCUT2D eigenvalue weighted by Crippen LogP contribution is -2.25. The summed E-state index contributed by atoms with van der Waals surface area (Å²) in [6.45, 7) is 5.29. The Kier molecular flexibility index (Phi) is 3.82. The Balaban J connectivity index is 2.29. The molecule has 0 aliphatic carbocycles. The predicted molar refractivity (Wildman–Crippen MR) is 75.6 cm³/mol. The molecular formula is C13H17N3O3S. The number of hydrogen-bond donors (Lipinski definition) is 2. The molecule has 1 aromatic carbocycles. The molecule has 0 radical (unpaired) electrons. The number of nitrogens with two attached hydrogens (primary N) is 1. The van der Waals surface area contributed by atoms with E-state index in [1.807, 2.05) is 0 Å². The second-order valence-electron chi connectivity index (χ2n) is 4.70. The van der Waals surface area contributed by atoms with Crippen molar-refractivity contribution in [2.75, 3.05) is 5.73 Å². The molecule has 20 heavy (non-hydrogen) atoms. The van der Waals surface area contributed by atoms with Crippen molar-refractivity contribution in [3.8, 4) is 0 Å². The Hall–Kier alpha value is -1.86. The normalized spacial score (nSPS) is 11.8. The summed E-state index contributed by atoms with van der Waals surface area (Å²) in [6, 6.07) is 5.21. The van der Waals surface area contributed by atoms with Crippen LogP contribution in [0.25, 0.3) is 0 Å². The van der Waals surface area contributed by atoms with Crippen molar-refractivity contribution in [1.29, 1.82) is 0 Å². The zero-order valence-corrected chi connectivity index (χ0v) is 12.4. The number of nitrogens with one attached hydrogen (secondary N) is 1. The lowest BCUT2D eigenvalue weighted by molar-refractivity contribution is 0.377. The van der Waals surface area contributed by atoms with Gasteiger partial charge in [-0.15, -0.1) is 0 Å². The van der Waals surface area contributed by atoms with Gasteiger partial charge in [0.05, 0.1) is 17.9 Å². The number of benzene rings is 1. The van der Waals surface area contributed by atoms with E-state index < -0.39 is 10.0 Å². The molecule has 0 saturated carbocycles. The molecule has 0 fully saturated rings. The van der Waals surface area contributed by atoms with Gasteiger partial charge in [-0.2, -0.15) is 0 Å². The number of sulfonamides is 1. The molecule has 1 heterocycles. The molecular weight excluding hydrogens is 278 g/mol. The average Bonchev–Trinajstić information content (AvgIpc) is 2.78. The van der Waals surface area contributed by atoms with Crippen molar-refractivity contribution in [3.63, 3.8) is 0 Å². The fraction of sp³-hybridized carbons (Fsp3) is 0.308. The van der Waals surface area contributed by atoms with Crippen LogP contribution in [0.2, 0.25) is 0 Å². The predicted octanol–water partition coefficient (Wildman–Crippen LogP) is 1.66. The molecule has 1 aromatic heterocycles. The Morgan fingerprint density at radius 1 is 1.25 bits per heavy atom. The van der Waals surface area contributed by atoms with Gasteiger partial charge in [0.2, 0.25) is 10.0 Å². The van der Waals surface area contributed by atoms with Gasteiger partial charge in [0.15, 0.2) is 5.76 Å². The molecule has 2 aromatic rings. The number of hydrogen-bond acceptors (Lipinski definition) is 5. The lowest BCUT2D eigenvalue weighted by atomic mass is 10.1. The highest BCUT2D eigenvalue weighted by atomic mass is 32.2. The van der Waals surface area contributed by atoms with Crippen LogP contribution in [0.15, 0.2) is 27.6 Å². The van der Waals surface area contributed by atoms with Gasteiger partial charge in [0.1, 0.15) is 4.90 Å². The first-order valence-electron chi connectivity index (χ1n) is 6.09. The van der Waals surface area contributed by atoms with Crippen molar-refractivity contribution in [1.82, 2.24) is 9.88 Å². The van der Waals surface area contributed by atoms with Crippen LogP contribution in [0.5, 0.6) is 0 Å². The second-order valence-corrected chi connectivity index (χ2v) is 6.41. The first-order chi connectivity index (χ1) is 9.31. The first kappa shape index (κ1) is 14.5. The largest absolute Gasteiger partial charge is 0.397 e. The monoisotopic (exact) mass is 295 g/mol. The van der Waals surface area contributed by atoms with Gasteiger partial charge in [0, 0.05) is 6.07 Å². The van der Waals surface area contributed by atoms with E-state index in [1.54, 1.807) is 39.0 Å². The van der Waals surface area contributed by atoms with Gasteiger partial charge in [-0.1, -0.05) is 17.3 Å². The summed E-state index contributed by atoms with van der Waals surface area (Å²) in [5.74, 6) is 0.454. The number of aryl methyl sites for hydroxylation is 3. The van der Waals surface area contributed by atoms with Gasteiger partial charge in [0.25, 0.3) is 0 Å². The van der Waals surface area contributed by atoms with Crippen molar-refractivity contribution in [2.45, 2.75) is 32.2 Å². The summed E-state index contributed by atoms with van der Waals surface area (Å²) < 4.78 is 32.1. The van der Waals surface area contributed by atoms with Crippen molar-refractivity contribution < 1.29 is 12.9 Å². The average molecular weight is 295 g/mol. The summed E-state index contributed by atoms with van der Waals surface area (Å²) in [7, 11) is -3.70. The summed E-state index contributed by atoms with van der Waals surface area (Å²) in [5.41, 5.74) is 8.19. The van der Waals surface area contributed by atoms with E-state index in [0.717, 1.165) is 5.56 Å². The number of anilines is 1. The fourth-order valence-electron chi connectivity index (χ4n) is 1.90. The van der Waals surface area contributed by atoms with Crippen LogP contribution < -0.4 is 10.5 Å². The Bertz CT molecular complexity index is 735. The fourth-order valence-corrected chi connectivity index (χ4v) is 3.32. The van der Waals surface area contributed by atoms with Crippen molar-refractivity contribution >= 4 is 15.7 Å². The number of aromatic nitrogens is 1. The standard InChI is InChI=1S/C13H17N3O3S/c1-8-4-5-9(2)13(12(8)14)20(17,18)15-7-11-6-10(3)16-19-11/h4-6,15H,7,14H2,1-3H3. The highest BCUT2D eigenvalue weighted by molar-refractivity contribution is 7.89. The molecule has 0 aliphatic rings. The molecule has 0 bridgehead atoms. The van der Waals surface area contributed by atoms with E-state index in [9.17, 15) is 8.42 Å². The molecule has 2 rings (SSSR count). The van der Waals surface area contributed by atoms with Gasteiger partial charge < -0.3 is 10.3 Å². The first-order valence-corrected chi connectivity index (χ1v) is 7.57. The molecule has 0 unspecified atom stereocenters. The van der Waals surface area contributed by atoms with Gasteiger partial charge in [-0.05, 0) is 31.9 Å². The molecule has 6 nitrogen and oxygen atoms in total. The third-order valence-corrected chi connectivity index (χ3v) is 4.60. The molecule has 108 valence electrons. The minimum atomic E-state index is -3.70. The zero-order valence-electron chi connectivity index (χ0n) is 11.6. The topological polar surface area (TPSA) is 98.2 Å². The van der Waals surface area contributed by atoms with E-state index in [4.69, 9.17) is 10.3 Å². The Labute approximate surface area is 118 Å². The van der Waals surface area contributed by atoms with Crippen LogP contribution in [0, 0.1) is 20.8 Å². The third-order valence-electron chi connectivity index (χ3n) is 2.99. The maximum Gasteiger partial charge on any atom is 0.243 e. The number of rotatable bonds is 4. The number of nitrogen functional groups attached to an aromatic ring is 1. The van der Waals surface area contributed by atoms with Gasteiger partial charge in [-0.25, -0.2) is 13.1 Å². The van der Waals surface area contributed by atoms with Crippen LogP contribution in [0.3, 0.4) is 0 Å². The summed E-state index contributed by atoms with van der Waals surface area (Å²) in [5, 5.41) is 3.70. The Morgan fingerprint density at radius 3 is 2.50 bits per heavy atom. The smallest absolute Gasteiger partial charge is 0.243 e. The van der Waals surface area contributed by atoms with E-state index in [-0.39, 0.29) is 17.1 Å². The molecule has 0 aliphatic heterocycles. The SMILES string of the molecule is Cc1cc(CNS(=O)(=O)c2c(C)ccc(C)c2N)on1. The van der Waals surface area contributed by atoms with Gasteiger partial charge >= 0.3 is 0 Å².